The summed E-state index contributed by atoms with van der Waals surface area (Å²) in [5, 5.41) is 0. The molecule has 1 amide bonds. The fourth-order valence-corrected chi connectivity index (χ4v) is 3.26. The third-order valence-corrected chi connectivity index (χ3v) is 5.13. The van der Waals surface area contributed by atoms with Crippen LogP contribution in [0, 0.1) is 13.8 Å². The molecule has 2 aromatic rings. The molecular weight excluding hydrogens is 356 g/mol. The van der Waals surface area contributed by atoms with E-state index in [9.17, 15) is 9.59 Å². The highest BCUT2D eigenvalue weighted by atomic mass is 16.5. The molecule has 6 heteroatoms. The number of para-hydroxylation sites is 2. The van der Waals surface area contributed by atoms with Gasteiger partial charge in [0.15, 0.2) is 6.61 Å². The molecule has 1 aliphatic rings. The van der Waals surface area contributed by atoms with Crippen molar-refractivity contribution in [2.75, 3.05) is 44.8 Å². The number of anilines is 1. The maximum atomic E-state index is 12.4. The van der Waals surface area contributed by atoms with Gasteiger partial charge in [-0.15, -0.1) is 0 Å². The Kier molecular flexibility index (Phi) is 6.19. The summed E-state index contributed by atoms with van der Waals surface area (Å²) >= 11 is 0. The van der Waals surface area contributed by atoms with Crippen LogP contribution >= 0.6 is 0 Å². The SMILES string of the molecule is COc1ccccc1N1CCN(C(=O)COC(=O)c2ccc(C)c(C)c2)CC1. The van der Waals surface area contributed by atoms with E-state index in [2.05, 4.69) is 4.90 Å². The molecule has 3 rings (SSSR count). The van der Waals surface area contributed by atoms with Crippen LogP contribution in [0.2, 0.25) is 0 Å². The molecule has 2 aromatic carbocycles. The third kappa shape index (κ3) is 4.44. The van der Waals surface area contributed by atoms with Crippen molar-refractivity contribution in [2.24, 2.45) is 0 Å². The number of carbonyl (C=O) groups is 2. The van der Waals surface area contributed by atoms with Crippen molar-refractivity contribution in [2.45, 2.75) is 13.8 Å². The minimum absolute atomic E-state index is 0.170. The van der Waals surface area contributed by atoms with Crippen molar-refractivity contribution >= 4 is 17.6 Å². The number of carbonyl (C=O) groups excluding carboxylic acids is 2. The zero-order valence-corrected chi connectivity index (χ0v) is 16.6. The Morgan fingerprint density at radius 3 is 2.36 bits per heavy atom. The predicted molar refractivity (Wildman–Crippen MR) is 108 cm³/mol. The first-order valence-corrected chi connectivity index (χ1v) is 9.39. The molecule has 28 heavy (non-hydrogen) atoms. The second-order valence-electron chi connectivity index (χ2n) is 6.91. The smallest absolute Gasteiger partial charge is 0.338 e. The first-order chi connectivity index (χ1) is 13.5. The Morgan fingerprint density at radius 1 is 0.964 bits per heavy atom. The summed E-state index contributed by atoms with van der Waals surface area (Å²) in [6.07, 6.45) is 0. The molecule has 0 radical (unpaired) electrons. The highest BCUT2D eigenvalue weighted by Gasteiger charge is 2.23. The van der Waals surface area contributed by atoms with Gasteiger partial charge in [0.1, 0.15) is 5.75 Å². The number of aryl methyl sites for hydroxylation is 2. The normalized spacial score (nSPS) is 14.0. The van der Waals surface area contributed by atoms with Gasteiger partial charge in [0.25, 0.3) is 5.91 Å². The number of nitrogens with zero attached hydrogens (tertiary/aromatic N) is 2. The number of ether oxygens (including phenoxy) is 2. The number of piperazine rings is 1. The van der Waals surface area contributed by atoms with Crippen LogP contribution < -0.4 is 9.64 Å². The number of hydrogen-bond donors (Lipinski definition) is 0. The van der Waals surface area contributed by atoms with Gasteiger partial charge < -0.3 is 19.3 Å². The van der Waals surface area contributed by atoms with E-state index >= 15 is 0 Å². The molecule has 0 bridgehead atoms. The van der Waals surface area contributed by atoms with E-state index in [1.54, 1.807) is 24.1 Å². The van der Waals surface area contributed by atoms with Crippen LogP contribution in [0.1, 0.15) is 21.5 Å². The Labute approximate surface area is 165 Å². The minimum atomic E-state index is -0.468. The quantitative estimate of drug-likeness (QED) is 0.745. The van der Waals surface area contributed by atoms with Crippen LogP contribution in [0.25, 0.3) is 0 Å². The summed E-state index contributed by atoms with van der Waals surface area (Å²) in [4.78, 5) is 28.5. The molecule has 0 atom stereocenters. The molecule has 0 spiro atoms. The zero-order valence-electron chi connectivity index (χ0n) is 16.6. The van der Waals surface area contributed by atoms with Crippen molar-refractivity contribution in [3.05, 3.63) is 59.2 Å². The lowest BCUT2D eigenvalue weighted by Crippen LogP contribution is -2.50. The Balaban J connectivity index is 1.51. The third-order valence-electron chi connectivity index (χ3n) is 5.13. The minimum Gasteiger partial charge on any atom is -0.495 e. The van der Waals surface area contributed by atoms with Gasteiger partial charge in [-0.1, -0.05) is 18.2 Å². The molecule has 0 unspecified atom stereocenters. The second-order valence-corrected chi connectivity index (χ2v) is 6.91. The van der Waals surface area contributed by atoms with Crippen LogP contribution in [0.5, 0.6) is 5.75 Å². The second kappa shape index (κ2) is 8.78. The van der Waals surface area contributed by atoms with E-state index in [1.165, 1.54) is 0 Å². The van der Waals surface area contributed by atoms with Crippen LogP contribution in [0.3, 0.4) is 0 Å². The lowest BCUT2D eigenvalue weighted by atomic mass is 10.1. The van der Waals surface area contributed by atoms with E-state index in [1.807, 2.05) is 44.2 Å². The standard InChI is InChI=1S/C22H26N2O4/c1-16-8-9-18(14-17(16)2)22(26)28-15-21(25)24-12-10-23(11-13-24)19-6-4-5-7-20(19)27-3/h4-9,14H,10-13,15H2,1-3H3. The van der Waals surface area contributed by atoms with Gasteiger partial charge in [-0.05, 0) is 49.2 Å². The van der Waals surface area contributed by atoms with Gasteiger partial charge in [-0.25, -0.2) is 4.79 Å². The zero-order chi connectivity index (χ0) is 20.1. The van der Waals surface area contributed by atoms with Crippen molar-refractivity contribution in [3.8, 4) is 5.75 Å². The summed E-state index contributed by atoms with van der Waals surface area (Å²) in [5.74, 6) is 0.186. The van der Waals surface area contributed by atoms with Gasteiger partial charge in [-0.2, -0.15) is 0 Å². The van der Waals surface area contributed by atoms with Crippen LogP contribution in [0.4, 0.5) is 5.69 Å². The average Bonchev–Trinajstić information content (AvgIpc) is 2.73. The molecular formula is C22H26N2O4. The molecule has 1 fully saturated rings. The summed E-state index contributed by atoms with van der Waals surface area (Å²) in [6.45, 7) is 6.27. The van der Waals surface area contributed by atoms with Crippen LogP contribution in [-0.2, 0) is 9.53 Å². The molecule has 0 aromatic heterocycles. The molecule has 0 saturated carbocycles. The fraction of sp³-hybridized carbons (Fsp3) is 0.364. The van der Waals surface area contributed by atoms with Crippen molar-refractivity contribution in [1.29, 1.82) is 0 Å². The van der Waals surface area contributed by atoms with E-state index < -0.39 is 5.97 Å². The largest absolute Gasteiger partial charge is 0.495 e. The number of amides is 1. The molecule has 1 saturated heterocycles. The summed E-state index contributed by atoms with van der Waals surface area (Å²) in [6, 6.07) is 13.2. The number of methoxy groups -OCH3 is 1. The first-order valence-electron chi connectivity index (χ1n) is 9.39. The molecule has 0 N–H and O–H groups in total. The molecule has 1 aliphatic heterocycles. The van der Waals surface area contributed by atoms with Gasteiger partial charge >= 0.3 is 5.97 Å². The lowest BCUT2D eigenvalue weighted by Gasteiger charge is -2.36. The predicted octanol–water partition coefficient (Wildman–Crippen LogP) is 2.82. The maximum Gasteiger partial charge on any atom is 0.338 e. The lowest BCUT2D eigenvalue weighted by molar-refractivity contribution is -0.134. The van der Waals surface area contributed by atoms with Gasteiger partial charge in [0.05, 0.1) is 18.4 Å². The Hall–Kier alpha value is -3.02. The van der Waals surface area contributed by atoms with E-state index in [4.69, 9.17) is 9.47 Å². The van der Waals surface area contributed by atoms with Crippen molar-refractivity contribution < 1.29 is 19.1 Å². The number of benzene rings is 2. The average molecular weight is 382 g/mol. The monoisotopic (exact) mass is 382 g/mol. The van der Waals surface area contributed by atoms with E-state index in [0.29, 0.717) is 31.7 Å². The van der Waals surface area contributed by atoms with Crippen LogP contribution in [0.15, 0.2) is 42.5 Å². The molecule has 6 nitrogen and oxygen atoms in total. The van der Waals surface area contributed by atoms with Crippen molar-refractivity contribution in [1.82, 2.24) is 4.90 Å². The van der Waals surface area contributed by atoms with E-state index in [0.717, 1.165) is 22.6 Å². The van der Waals surface area contributed by atoms with Gasteiger partial charge in [-0.3, -0.25) is 4.79 Å². The van der Waals surface area contributed by atoms with Crippen molar-refractivity contribution in [3.63, 3.8) is 0 Å². The summed E-state index contributed by atoms with van der Waals surface area (Å²) in [5.41, 5.74) is 3.63. The molecule has 1 heterocycles. The van der Waals surface area contributed by atoms with E-state index in [-0.39, 0.29) is 12.5 Å². The van der Waals surface area contributed by atoms with Gasteiger partial charge in [0, 0.05) is 26.2 Å². The first kappa shape index (κ1) is 19.7. The topological polar surface area (TPSA) is 59.1 Å². The fourth-order valence-electron chi connectivity index (χ4n) is 3.26. The Bertz CT molecular complexity index is 857. The maximum absolute atomic E-state index is 12.4. The molecule has 148 valence electrons. The van der Waals surface area contributed by atoms with Gasteiger partial charge in [0.2, 0.25) is 0 Å². The highest BCUT2D eigenvalue weighted by Crippen LogP contribution is 2.28. The number of rotatable bonds is 5. The number of esters is 1. The summed E-state index contributed by atoms with van der Waals surface area (Å²) < 4.78 is 10.6. The Morgan fingerprint density at radius 2 is 1.68 bits per heavy atom. The molecule has 0 aliphatic carbocycles. The number of hydrogen-bond acceptors (Lipinski definition) is 5. The highest BCUT2D eigenvalue weighted by molar-refractivity contribution is 5.91. The van der Waals surface area contributed by atoms with Crippen LogP contribution in [-0.4, -0.2) is 56.7 Å². The summed E-state index contributed by atoms with van der Waals surface area (Å²) in [7, 11) is 1.66.